The molecule has 0 saturated heterocycles. The topological polar surface area (TPSA) is 55.5 Å². The first-order valence-corrected chi connectivity index (χ1v) is 6.50. The van der Waals surface area contributed by atoms with Gasteiger partial charge in [-0.05, 0) is 44.2 Å². The van der Waals surface area contributed by atoms with Crippen molar-refractivity contribution in [2.45, 2.75) is 50.4 Å². The molecule has 0 radical (unpaired) electrons. The van der Waals surface area contributed by atoms with Crippen LogP contribution in [0.25, 0.3) is 0 Å². The Balaban J connectivity index is 2.19. The van der Waals surface area contributed by atoms with Crippen LogP contribution >= 0.6 is 0 Å². The lowest BCUT2D eigenvalue weighted by Crippen LogP contribution is -2.30. The molecular formula is C15H23NO2. The number of fused-ring (bicyclic) bond motifs is 1. The Labute approximate surface area is 109 Å². The molecule has 0 amide bonds. The van der Waals surface area contributed by atoms with E-state index in [9.17, 15) is 5.11 Å². The number of benzene rings is 1. The monoisotopic (exact) mass is 249 g/mol. The van der Waals surface area contributed by atoms with Crippen LogP contribution in [0.5, 0.6) is 0 Å². The van der Waals surface area contributed by atoms with Crippen molar-refractivity contribution in [1.82, 2.24) is 0 Å². The summed E-state index contributed by atoms with van der Waals surface area (Å²) in [6.07, 6.45) is 2.09. The average Bonchev–Trinajstić information content (AvgIpc) is 2.61. The molecule has 1 aliphatic carbocycles. The summed E-state index contributed by atoms with van der Waals surface area (Å²) in [5, 5.41) is 10.8. The lowest BCUT2D eigenvalue weighted by atomic mass is 9.87. The first-order chi connectivity index (χ1) is 8.38. The van der Waals surface area contributed by atoms with Gasteiger partial charge in [-0.3, -0.25) is 0 Å². The molecule has 2 atom stereocenters. The number of hydrogen-bond acceptors (Lipinski definition) is 3. The molecule has 18 heavy (non-hydrogen) atoms. The Morgan fingerprint density at radius 2 is 2.11 bits per heavy atom. The third-order valence-electron chi connectivity index (χ3n) is 4.11. The van der Waals surface area contributed by atoms with E-state index in [-0.39, 0.29) is 11.6 Å². The van der Waals surface area contributed by atoms with Gasteiger partial charge in [0.15, 0.2) is 0 Å². The van der Waals surface area contributed by atoms with Crippen LogP contribution in [0.15, 0.2) is 24.3 Å². The molecule has 3 heteroatoms. The van der Waals surface area contributed by atoms with Crippen LogP contribution in [0.1, 0.15) is 50.3 Å². The van der Waals surface area contributed by atoms with Crippen molar-refractivity contribution in [3.8, 4) is 0 Å². The van der Waals surface area contributed by atoms with Crippen molar-refractivity contribution >= 4 is 0 Å². The predicted molar refractivity (Wildman–Crippen MR) is 72.2 cm³/mol. The van der Waals surface area contributed by atoms with E-state index >= 15 is 0 Å². The average molecular weight is 249 g/mol. The lowest BCUT2D eigenvalue weighted by Gasteiger charge is -2.30. The highest BCUT2D eigenvalue weighted by Crippen LogP contribution is 2.45. The third kappa shape index (κ3) is 2.44. The molecular weight excluding hydrogens is 226 g/mol. The van der Waals surface area contributed by atoms with Crippen molar-refractivity contribution in [2.75, 3.05) is 7.11 Å². The van der Waals surface area contributed by atoms with E-state index in [2.05, 4.69) is 0 Å². The number of methoxy groups -OCH3 is 1. The predicted octanol–water partition coefficient (Wildman–Crippen LogP) is 2.48. The Kier molecular flexibility index (Phi) is 3.49. The normalized spacial score (nSPS) is 27.3. The minimum absolute atomic E-state index is 0.0585. The fraction of sp³-hybridized carbons (Fsp3) is 0.600. The maximum Gasteiger partial charge on any atom is 0.0918 e. The van der Waals surface area contributed by atoms with Crippen LogP contribution < -0.4 is 5.73 Å². The van der Waals surface area contributed by atoms with Crippen LogP contribution in [0.3, 0.4) is 0 Å². The summed E-state index contributed by atoms with van der Waals surface area (Å²) >= 11 is 0. The zero-order valence-corrected chi connectivity index (χ0v) is 11.4. The summed E-state index contributed by atoms with van der Waals surface area (Å²) < 4.78 is 5.41. The molecule has 0 aromatic heterocycles. The molecule has 2 rings (SSSR count). The molecule has 0 heterocycles. The molecule has 0 saturated carbocycles. The molecule has 0 spiro atoms. The molecule has 1 aliphatic rings. The van der Waals surface area contributed by atoms with Gasteiger partial charge in [0, 0.05) is 13.2 Å². The first-order valence-electron chi connectivity index (χ1n) is 6.50. The summed E-state index contributed by atoms with van der Waals surface area (Å²) in [5.41, 5.74) is 7.16. The van der Waals surface area contributed by atoms with Gasteiger partial charge in [-0.25, -0.2) is 0 Å². The highest BCUT2D eigenvalue weighted by atomic mass is 16.5. The van der Waals surface area contributed by atoms with E-state index < -0.39 is 5.60 Å². The zero-order chi connectivity index (χ0) is 13.4. The molecule has 2 unspecified atom stereocenters. The molecule has 3 N–H and O–H groups in total. The van der Waals surface area contributed by atoms with Gasteiger partial charge in [0.2, 0.25) is 0 Å². The van der Waals surface area contributed by atoms with Crippen LogP contribution in [0.4, 0.5) is 0 Å². The third-order valence-corrected chi connectivity index (χ3v) is 4.11. The van der Waals surface area contributed by atoms with Gasteiger partial charge < -0.3 is 15.6 Å². The maximum absolute atomic E-state index is 10.8. The van der Waals surface area contributed by atoms with Gasteiger partial charge in [-0.15, -0.1) is 0 Å². The lowest BCUT2D eigenvalue weighted by molar-refractivity contribution is -0.0298. The number of rotatable bonds is 4. The summed E-state index contributed by atoms with van der Waals surface area (Å²) in [7, 11) is 1.71. The smallest absolute Gasteiger partial charge is 0.0918 e. The number of nitrogens with two attached hydrogens (primary N) is 1. The molecule has 100 valence electrons. The minimum Gasteiger partial charge on any atom is -0.385 e. The zero-order valence-electron chi connectivity index (χ0n) is 11.4. The Hall–Kier alpha value is -0.900. The van der Waals surface area contributed by atoms with Crippen LogP contribution in [0.2, 0.25) is 0 Å². The van der Waals surface area contributed by atoms with Crippen LogP contribution in [-0.2, 0) is 10.3 Å². The molecule has 0 fully saturated rings. The molecule has 0 aliphatic heterocycles. The summed E-state index contributed by atoms with van der Waals surface area (Å²) in [6.45, 7) is 4.08. The Morgan fingerprint density at radius 1 is 1.44 bits per heavy atom. The second-order valence-corrected chi connectivity index (χ2v) is 5.89. The second kappa shape index (κ2) is 4.65. The van der Waals surface area contributed by atoms with Crippen LogP contribution in [-0.4, -0.2) is 17.8 Å². The van der Waals surface area contributed by atoms with Crippen molar-refractivity contribution in [1.29, 1.82) is 0 Å². The van der Waals surface area contributed by atoms with Gasteiger partial charge in [0.25, 0.3) is 0 Å². The van der Waals surface area contributed by atoms with Crippen LogP contribution in [0, 0.1) is 0 Å². The van der Waals surface area contributed by atoms with E-state index in [1.807, 2.05) is 38.1 Å². The summed E-state index contributed by atoms with van der Waals surface area (Å²) in [5.74, 6) is 0. The highest BCUT2D eigenvalue weighted by molar-refractivity contribution is 5.39. The van der Waals surface area contributed by atoms with Gasteiger partial charge >= 0.3 is 0 Å². The van der Waals surface area contributed by atoms with Crippen molar-refractivity contribution in [3.63, 3.8) is 0 Å². The van der Waals surface area contributed by atoms with E-state index in [1.54, 1.807) is 7.11 Å². The van der Waals surface area contributed by atoms with Crippen molar-refractivity contribution < 1.29 is 9.84 Å². The summed E-state index contributed by atoms with van der Waals surface area (Å²) in [4.78, 5) is 0. The maximum atomic E-state index is 10.8. The first kappa shape index (κ1) is 13.5. The van der Waals surface area contributed by atoms with E-state index in [4.69, 9.17) is 10.5 Å². The minimum atomic E-state index is -0.800. The molecule has 0 bridgehead atoms. The quantitative estimate of drug-likeness (QED) is 0.862. The second-order valence-electron chi connectivity index (χ2n) is 5.89. The molecule has 1 aromatic rings. The standard InChI is InChI=1S/C15H23NO2/c1-14(2,18-3)8-9-15(17)10-13(16)11-6-4-5-7-12(11)15/h4-7,13,17H,8-10,16H2,1-3H3. The number of hydrogen-bond donors (Lipinski definition) is 2. The van der Waals surface area contributed by atoms with Gasteiger partial charge in [-0.1, -0.05) is 24.3 Å². The fourth-order valence-electron chi connectivity index (χ4n) is 2.67. The van der Waals surface area contributed by atoms with Gasteiger partial charge in [-0.2, -0.15) is 0 Å². The van der Waals surface area contributed by atoms with Gasteiger partial charge in [0.05, 0.1) is 11.2 Å². The van der Waals surface area contributed by atoms with E-state index in [0.717, 1.165) is 17.5 Å². The van der Waals surface area contributed by atoms with Gasteiger partial charge in [0.1, 0.15) is 0 Å². The molecule has 3 nitrogen and oxygen atoms in total. The van der Waals surface area contributed by atoms with E-state index in [1.165, 1.54) is 0 Å². The van der Waals surface area contributed by atoms with E-state index in [0.29, 0.717) is 12.8 Å². The fourth-order valence-corrected chi connectivity index (χ4v) is 2.67. The highest BCUT2D eigenvalue weighted by Gasteiger charge is 2.41. The number of ether oxygens (including phenoxy) is 1. The summed E-state index contributed by atoms with van der Waals surface area (Å²) in [6, 6.07) is 7.88. The van der Waals surface area contributed by atoms with Crippen molar-refractivity contribution in [2.24, 2.45) is 5.73 Å². The largest absolute Gasteiger partial charge is 0.385 e. The SMILES string of the molecule is COC(C)(C)CCC1(O)CC(N)c2ccccc21. The molecule has 1 aromatic carbocycles. The Bertz CT molecular complexity index is 430. The number of aliphatic hydroxyl groups is 1. The Morgan fingerprint density at radius 3 is 2.78 bits per heavy atom. The van der Waals surface area contributed by atoms with Crippen molar-refractivity contribution in [3.05, 3.63) is 35.4 Å².